The minimum Gasteiger partial charge on any atom is -0.466 e. The largest absolute Gasteiger partial charge is 0.466 e. The molecular formula is C18H28N2O2. The van der Waals surface area contributed by atoms with Crippen LogP contribution in [0.3, 0.4) is 0 Å². The highest BCUT2D eigenvalue weighted by atomic mass is 16.5. The minimum absolute atomic E-state index is 0.0727. The molecule has 0 atom stereocenters. The first-order chi connectivity index (χ1) is 10.6. The molecule has 0 amide bonds. The number of carbonyl (C=O) groups excluding carboxylic acids is 1. The number of esters is 1. The van der Waals surface area contributed by atoms with E-state index in [0.717, 1.165) is 39.1 Å². The number of hydrogen-bond acceptors (Lipinski definition) is 4. The summed E-state index contributed by atoms with van der Waals surface area (Å²) in [4.78, 5) is 16.3. The maximum Gasteiger partial charge on any atom is 0.305 e. The van der Waals surface area contributed by atoms with Gasteiger partial charge in [-0.3, -0.25) is 9.69 Å². The number of nitrogens with zero attached hydrogens (tertiary/aromatic N) is 2. The van der Waals surface area contributed by atoms with Gasteiger partial charge in [-0.1, -0.05) is 12.1 Å². The monoisotopic (exact) mass is 304 g/mol. The zero-order valence-electron chi connectivity index (χ0n) is 14.1. The molecule has 1 aliphatic heterocycles. The van der Waals surface area contributed by atoms with Gasteiger partial charge in [-0.25, -0.2) is 0 Å². The lowest BCUT2D eigenvalue weighted by Gasteiger charge is -2.37. The number of aryl methyl sites for hydroxylation is 1. The first kappa shape index (κ1) is 16.8. The lowest BCUT2D eigenvalue weighted by Crippen LogP contribution is -2.47. The number of rotatable bonds is 6. The van der Waals surface area contributed by atoms with E-state index in [0.29, 0.717) is 13.0 Å². The molecule has 0 unspecified atom stereocenters. The summed E-state index contributed by atoms with van der Waals surface area (Å²) in [5.74, 6) is -0.0727. The number of ether oxygens (including phenoxy) is 1. The Balaban J connectivity index is 1.76. The molecule has 0 aliphatic carbocycles. The van der Waals surface area contributed by atoms with Gasteiger partial charge in [0.25, 0.3) is 0 Å². The Morgan fingerprint density at radius 3 is 2.59 bits per heavy atom. The van der Waals surface area contributed by atoms with Crippen LogP contribution in [0.4, 0.5) is 5.69 Å². The Bertz CT molecular complexity index is 494. The zero-order valence-corrected chi connectivity index (χ0v) is 14.1. The van der Waals surface area contributed by atoms with Crippen LogP contribution < -0.4 is 4.90 Å². The molecule has 22 heavy (non-hydrogen) atoms. The fourth-order valence-corrected chi connectivity index (χ4v) is 2.97. The van der Waals surface area contributed by atoms with Gasteiger partial charge in [-0.2, -0.15) is 0 Å². The van der Waals surface area contributed by atoms with Crippen LogP contribution in [0.25, 0.3) is 0 Å². The maximum absolute atomic E-state index is 11.3. The molecule has 0 N–H and O–H groups in total. The zero-order chi connectivity index (χ0) is 15.9. The molecule has 4 heteroatoms. The van der Waals surface area contributed by atoms with Crippen molar-refractivity contribution in [1.82, 2.24) is 4.90 Å². The summed E-state index contributed by atoms with van der Waals surface area (Å²) < 4.78 is 4.96. The minimum atomic E-state index is -0.0727. The number of carbonyl (C=O) groups is 1. The van der Waals surface area contributed by atoms with Gasteiger partial charge in [0.05, 0.1) is 6.61 Å². The van der Waals surface area contributed by atoms with Crippen molar-refractivity contribution < 1.29 is 9.53 Å². The molecule has 1 fully saturated rings. The van der Waals surface area contributed by atoms with Crippen molar-refractivity contribution >= 4 is 11.7 Å². The third-order valence-corrected chi connectivity index (χ3v) is 4.45. The topological polar surface area (TPSA) is 32.8 Å². The second kappa shape index (κ2) is 8.18. The Kier molecular flexibility index (Phi) is 6.25. The molecule has 2 rings (SSSR count). The standard InChI is InChI=1S/C18H28N2O2/c1-4-22-18(21)9-6-10-19-11-13-20(14-12-19)17-8-5-7-15(2)16(17)3/h5,7-8H,4,6,9-14H2,1-3H3. The predicted octanol–water partition coefficient (Wildman–Crippen LogP) is 2.77. The summed E-state index contributed by atoms with van der Waals surface area (Å²) >= 11 is 0. The van der Waals surface area contributed by atoms with Gasteiger partial charge in [-0.15, -0.1) is 0 Å². The summed E-state index contributed by atoms with van der Waals surface area (Å²) in [6, 6.07) is 6.53. The maximum atomic E-state index is 11.3. The molecule has 122 valence electrons. The average molecular weight is 304 g/mol. The molecule has 1 aliphatic rings. The number of hydrogen-bond donors (Lipinski definition) is 0. The smallest absolute Gasteiger partial charge is 0.305 e. The van der Waals surface area contributed by atoms with E-state index >= 15 is 0 Å². The van der Waals surface area contributed by atoms with Crippen LogP contribution in [-0.4, -0.2) is 50.2 Å². The van der Waals surface area contributed by atoms with Crippen molar-refractivity contribution in [2.75, 3.05) is 44.2 Å². The van der Waals surface area contributed by atoms with Crippen LogP contribution in [0, 0.1) is 13.8 Å². The number of anilines is 1. The summed E-state index contributed by atoms with van der Waals surface area (Å²) in [6.45, 7) is 11.9. The van der Waals surface area contributed by atoms with E-state index in [1.165, 1.54) is 16.8 Å². The SMILES string of the molecule is CCOC(=O)CCCN1CCN(c2cccc(C)c2C)CC1. The van der Waals surface area contributed by atoms with Crippen LogP contribution in [0.1, 0.15) is 30.9 Å². The molecule has 0 radical (unpaired) electrons. The molecular weight excluding hydrogens is 276 g/mol. The number of piperazine rings is 1. The van der Waals surface area contributed by atoms with Crippen LogP contribution in [0.5, 0.6) is 0 Å². The van der Waals surface area contributed by atoms with Gasteiger partial charge in [-0.05, 0) is 50.9 Å². The fraction of sp³-hybridized carbons (Fsp3) is 0.611. The summed E-state index contributed by atoms with van der Waals surface area (Å²) in [5.41, 5.74) is 4.11. The fourth-order valence-electron chi connectivity index (χ4n) is 2.97. The summed E-state index contributed by atoms with van der Waals surface area (Å²) in [6.07, 6.45) is 1.42. The Labute approximate surface area is 134 Å². The Hall–Kier alpha value is -1.55. The van der Waals surface area contributed by atoms with E-state index in [1.807, 2.05) is 6.92 Å². The summed E-state index contributed by atoms with van der Waals surface area (Å²) in [7, 11) is 0. The molecule has 0 spiro atoms. The van der Waals surface area contributed by atoms with E-state index in [9.17, 15) is 4.79 Å². The Morgan fingerprint density at radius 2 is 1.91 bits per heavy atom. The Morgan fingerprint density at radius 1 is 1.18 bits per heavy atom. The van der Waals surface area contributed by atoms with Gasteiger partial charge >= 0.3 is 5.97 Å². The third-order valence-electron chi connectivity index (χ3n) is 4.45. The molecule has 0 saturated carbocycles. The highest BCUT2D eigenvalue weighted by Crippen LogP contribution is 2.23. The predicted molar refractivity (Wildman–Crippen MR) is 90.4 cm³/mol. The van der Waals surface area contributed by atoms with Gasteiger partial charge < -0.3 is 9.64 Å². The first-order valence-corrected chi connectivity index (χ1v) is 8.31. The van der Waals surface area contributed by atoms with E-state index in [1.54, 1.807) is 0 Å². The molecule has 1 saturated heterocycles. The first-order valence-electron chi connectivity index (χ1n) is 8.31. The van der Waals surface area contributed by atoms with Crippen molar-refractivity contribution in [2.45, 2.75) is 33.6 Å². The van der Waals surface area contributed by atoms with E-state index in [4.69, 9.17) is 4.74 Å². The average Bonchev–Trinajstić information content (AvgIpc) is 2.51. The van der Waals surface area contributed by atoms with Crippen molar-refractivity contribution in [2.24, 2.45) is 0 Å². The van der Waals surface area contributed by atoms with Gasteiger partial charge in [0.2, 0.25) is 0 Å². The van der Waals surface area contributed by atoms with Crippen molar-refractivity contribution in [3.63, 3.8) is 0 Å². The van der Waals surface area contributed by atoms with E-state index < -0.39 is 0 Å². The molecule has 1 aromatic rings. The molecule has 0 bridgehead atoms. The second-order valence-corrected chi connectivity index (χ2v) is 5.96. The van der Waals surface area contributed by atoms with E-state index in [-0.39, 0.29) is 5.97 Å². The summed E-state index contributed by atoms with van der Waals surface area (Å²) in [5, 5.41) is 0. The molecule has 0 aromatic heterocycles. The van der Waals surface area contributed by atoms with Crippen molar-refractivity contribution in [1.29, 1.82) is 0 Å². The van der Waals surface area contributed by atoms with Gasteiger partial charge in [0.15, 0.2) is 0 Å². The van der Waals surface area contributed by atoms with E-state index in [2.05, 4.69) is 41.8 Å². The molecule has 4 nitrogen and oxygen atoms in total. The lowest BCUT2D eigenvalue weighted by molar-refractivity contribution is -0.143. The highest BCUT2D eigenvalue weighted by molar-refractivity contribution is 5.69. The third kappa shape index (κ3) is 4.47. The van der Waals surface area contributed by atoms with Crippen LogP contribution in [0.2, 0.25) is 0 Å². The van der Waals surface area contributed by atoms with Crippen LogP contribution >= 0.6 is 0 Å². The second-order valence-electron chi connectivity index (χ2n) is 5.96. The number of benzene rings is 1. The van der Waals surface area contributed by atoms with Crippen molar-refractivity contribution in [3.05, 3.63) is 29.3 Å². The molecule has 1 heterocycles. The van der Waals surface area contributed by atoms with Crippen LogP contribution in [0.15, 0.2) is 18.2 Å². The highest BCUT2D eigenvalue weighted by Gasteiger charge is 2.18. The lowest BCUT2D eigenvalue weighted by atomic mass is 10.1. The van der Waals surface area contributed by atoms with Gasteiger partial charge in [0, 0.05) is 38.3 Å². The van der Waals surface area contributed by atoms with Crippen molar-refractivity contribution in [3.8, 4) is 0 Å². The quantitative estimate of drug-likeness (QED) is 0.757. The van der Waals surface area contributed by atoms with Crippen LogP contribution in [-0.2, 0) is 9.53 Å². The van der Waals surface area contributed by atoms with Gasteiger partial charge in [0.1, 0.15) is 0 Å². The normalized spacial score (nSPS) is 15.9. The molecule has 1 aromatic carbocycles.